The summed E-state index contributed by atoms with van der Waals surface area (Å²) in [7, 11) is 0. The first-order chi connectivity index (χ1) is 6.22. The van der Waals surface area contributed by atoms with Crippen molar-refractivity contribution in [3.05, 3.63) is 22.6 Å². The van der Waals surface area contributed by atoms with E-state index in [1.807, 2.05) is 26.0 Å². The fourth-order valence-electron chi connectivity index (χ4n) is 0.912. The molecule has 1 aromatic rings. The molecule has 1 aromatic heterocycles. The zero-order chi connectivity index (χ0) is 9.68. The Morgan fingerprint density at radius 3 is 2.77 bits per heavy atom. The van der Waals surface area contributed by atoms with Crippen molar-refractivity contribution in [1.29, 1.82) is 0 Å². The van der Waals surface area contributed by atoms with E-state index in [9.17, 15) is 0 Å². The molecular weight excluding hydrogens is 236 g/mol. The predicted octanol–water partition coefficient (Wildman–Crippen LogP) is 2.94. The summed E-state index contributed by atoms with van der Waals surface area (Å²) in [6.07, 6.45) is -0.186. The van der Waals surface area contributed by atoms with Gasteiger partial charge in [-0.3, -0.25) is 0 Å². The third-order valence-electron chi connectivity index (χ3n) is 1.49. The summed E-state index contributed by atoms with van der Waals surface area (Å²) in [5, 5.41) is 0. The minimum absolute atomic E-state index is 0.186. The van der Waals surface area contributed by atoms with E-state index >= 15 is 0 Å². The molecule has 0 aromatic carbocycles. The minimum atomic E-state index is -0.186. The Labute approximate surface area is 86.1 Å². The van der Waals surface area contributed by atoms with Crippen molar-refractivity contribution in [2.75, 3.05) is 6.61 Å². The number of ether oxygens (including phenoxy) is 2. The van der Waals surface area contributed by atoms with Crippen molar-refractivity contribution in [2.45, 2.75) is 26.7 Å². The Morgan fingerprint density at radius 2 is 2.23 bits per heavy atom. The standard InChI is InChI=1S/C9H13BrO3/c1-3-11-7(2)12-6-8-4-5-9(10)13-8/h4-5,7H,3,6H2,1-2H3. The molecule has 0 amide bonds. The summed E-state index contributed by atoms with van der Waals surface area (Å²) in [5.41, 5.74) is 0. The summed E-state index contributed by atoms with van der Waals surface area (Å²) in [6.45, 7) is 4.89. The van der Waals surface area contributed by atoms with Crippen LogP contribution in [0.15, 0.2) is 21.2 Å². The molecule has 13 heavy (non-hydrogen) atoms. The van der Waals surface area contributed by atoms with Crippen LogP contribution in [0.2, 0.25) is 0 Å². The molecule has 1 heterocycles. The zero-order valence-corrected chi connectivity index (χ0v) is 9.33. The lowest BCUT2D eigenvalue weighted by Gasteiger charge is -2.10. The van der Waals surface area contributed by atoms with E-state index in [0.717, 1.165) is 10.4 Å². The average Bonchev–Trinajstić information content (AvgIpc) is 2.49. The van der Waals surface area contributed by atoms with Crippen LogP contribution in [0.25, 0.3) is 0 Å². The molecule has 74 valence electrons. The van der Waals surface area contributed by atoms with Crippen molar-refractivity contribution in [3.8, 4) is 0 Å². The van der Waals surface area contributed by atoms with E-state index in [0.29, 0.717) is 13.2 Å². The Balaban J connectivity index is 2.26. The highest BCUT2D eigenvalue weighted by atomic mass is 79.9. The quantitative estimate of drug-likeness (QED) is 0.752. The van der Waals surface area contributed by atoms with Crippen molar-refractivity contribution in [2.24, 2.45) is 0 Å². The van der Waals surface area contributed by atoms with Crippen LogP contribution in [0.3, 0.4) is 0 Å². The number of hydrogen-bond donors (Lipinski definition) is 0. The Morgan fingerprint density at radius 1 is 1.46 bits per heavy atom. The van der Waals surface area contributed by atoms with Gasteiger partial charge in [0.25, 0.3) is 0 Å². The summed E-state index contributed by atoms with van der Waals surface area (Å²) < 4.78 is 16.5. The lowest BCUT2D eigenvalue weighted by atomic mass is 10.5. The van der Waals surface area contributed by atoms with Gasteiger partial charge in [-0.1, -0.05) is 0 Å². The number of furan rings is 1. The monoisotopic (exact) mass is 248 g/mol. The highest BCUT2D eigenvalue weighted by molar-refractivity contribution is 9.10. The van der Waals surface area contributed by atoms with Gasteiger partial charge in [-0.05, 0) is 41.9 Å². The van der Waals surface area contributed by atoms with Gasteiger partial charge >= 0.3 is 0 Å². The lowest BCUT2D eigenvalue weighted by Crippen LogP contribution is -2.12. The average molecular weight is 249 g/mol. The highest BCUT2D eigenvalue weighted by Crippen LogP contribution is 2.15. The van der Waals surface area contributed by atoms with Crippen molar-refractivity contribution in [3.63, 3.8) is 0 Å². The highest BCUT2D eigenvalue weighted by Gasteiger charge is 2.03. The van der Waals surface area contributed by atoms with Crippen LogP contribution in [0.1, 0.15) is 19.6 Å². The van der Waals surface area contributed by atoms with Gasteiger partial charge in [-0.25, -0.2) is 0 Å². The van der Waals surface area contributed by atoms with Gasteiger partial charge in [0.05, 0.1) is 0 Å². The SMILES string of the molecule is CCOC(C)OCc1ccc(Br)o1. The second-order valence-electron chi connectivity index (χ2n) is 2.54. The molecule has 0 bridgehead atoms. The first-order valence-corrected chi connectivity index (χ1v) is 4.99. The number of rotatable bonds is 5. The smallest absolute Gasteiger partial charge is 0.169 e. The van der Waals surface area contributed by atoms with E-state index < -0.39 is 0 Å². The predicted molar refractivity (Wildman–Crippen MR) is 52.3 cm³/mol. The first kappa shape index (κ1) is 10.8. The molecule has 0 spiro atoms. The summed E-state index contributed by atoms with van der Waals surface area (Å²) >= 11 is 3.22. The molecule has 0 aliphatic rings. The van der Waals surface area contributed by atoms with Gasteiger partial charge in [0.15, 0.2) is 11.0 Å². The van der Waals surface area contributed by atoms with Crippen molar-refractivity contribution in [1.82, 2.24) is 0 Å². The third kappa shape index (κ3) is 3.93. The first-order valence-electron chi connectivity index (χ1n) is 4.19. The molecule has 0 saturated carbocycles. The fraction of sp³-hybridized carbons (Fsp3) is 0.556. The maximum atomic E-state index is 5.34. The molecule has 0 aliphatic heterocycles. The van der Waals surface area contributed by atoms with E-state index in [2.05, 4.69) is 15.9 Å². The van der Waals surface area contributed by atoms with Crippen molar-refractivity contribution >= 4 is 15.9 Å². The van der Waals surface area contributed by atoms with Gasteiger partial charge in [-0.2, -0.15) is 0 Å². The second-order valence-corrected chi connectivity index (χ2v) is 3.32. The van der Waals surface area contributed by atoms with E-state index in [1.54, 1.807) is 0 Å². The molecule has 0 saturated heterocycles. The molecule has 1 rings (SSSR count). The van der Waals surface area contributed by atoms with Crippen LogP contribution < -0.4 is 0 Å². The van der Waals surface area contributed by atoms with Gasteiger partial charge in [-0.15, -0.1) is 0 Å². The number of hydrogen-bond acceptors (Lipinski definition) is 3. The van der Waals surface area contributed by atoms with Gasteiger partial charge in [0.1, 0.15) is 12.4 Å². The normalized spacial score (nSPS) is 13.2. The number of halogens is 1. The largest absolute Gasteiger partial charge is 0.452 e. The maximum absolute atomic E-state index is 5.34. The molecule has 0 radical (unpaired) electrons. The molecule has 0 aliphatic carbocycles. The van der Waals surface area contributed by atoms with E-state index in [4.69, 9.17) is 13.9 Å². The maximum Gasteiger partial charge on any atom is 0.169 e. The summed E-state index contributed by atoms with van der Waals surface area (Å²) in [4.78, 5) is 0. The lowest BCUT2D eigenvalue weighted by molar-refractivity contribution is -0.137. The van der Waals surface area contributed by atoms with Gasteiger partial charge < -0.3 is 13.9 Å². The minimum Gasteiger partial charge on any atom is -0.452 e. The molecule has 0 N–H and O–H groups in total. The molecule has 0 fully saturated rings. The Bertz CT molecular complexity index is 247. The van der Waals surface area contributed by atoms with Gasteiger partial charge in [0, 0.05) is 6.61 Å². The topological polar surface area (TPSA) is 31.6 Å². The van der Waals surface area contributed by atoms with Crippen LogP contribution in [-0.4, -0.2) is 12.9 Å². The van der Waals surface area contributed by atoms with E-state index in [-0.39, 0.29) is 6.29 Å². The second kappa shape index (κ2) is 5.42. The van der Waals surface area contributed by atoms with Crippen LogP contribution in [-0.2, 0) is 16.1 Å². The molecule has 4 heteroatoms. The zero-order valence-electron chi connectivity index (χ0n) is 7.75. The van der Waals surface area contributed by atoms with Crippen LogP contribution in [0.5, 0.6) is 0 Å². The van der Waals surface area contributed by atoms with Crippen LogP contribution >= 0.6 is 15.9 Å². The van der Waals surface area contributed by atoms with Crippen molar-refractivity contribution < 1.29 is 13.9 Å². The Kier molecular flexibility index (Phi) is 4.48. The summed E-state index contributed by atoms with van der Waals surface area (Å²) in [5.74, 6) is 0.790. The third-order valence-corrected chi connectivity index (χ3v) is 1.92. The molecule has 1 atom stereocenters. The molecule has 1 unspecified atom stereocenters. The summed E-state index contributed by atoms with van der Waals surface area (Å²) in [6, 6.07) is 3.70. The fourth-order valence-corrected chi connectivity index (χ4v) is 1.25. The van der Waals surface area contributed by atoms with E-state index in [1.165, 1.54) is 0 Å². The van der Waals surface area contributed by atoms with Gasteiger partial charge in [0.2, 0.25) is 0 Å². The Hall–Kier alpha value is -0.320. The molecular formula is C9H13BrO3. The molecule has 3 nitrogen and oxygen atoms in total. The van der Waals surface area contributed by atoms with Crippen LogP contribution in [0.4, 0.5) is 0 Å². The van der Waals surface area contributed by atoms with Crippen LogP contribution in [0, 0.1) is 0 Å².